The van der Waals surface area contributed by atoms with E-state index in [1.165, 1.54) is 4.31 Å². The maximum absolute atomic E-state index is 12.8. The van der Waals surface area contributed by atoms with E-state index in [0.29, 0.717) is 25.0 Å². The van der Waals surface area contributed by atoms with E-state index in [2.05, 4.69) is 16.8 Å². The summed E-state index contributed by atoms with van der Waals surface area (Å²) in [5, 5.41) is 0. The molecule has 31 heavy (non-hydrogen) atoms. The van der Waals surface area contributed by atoms with Crippen molar-refractivity contribution in [1.82, 2.24) is 18.8 Å². The zero-order valence-corrected chi connectivity index (χ0v) is 19.8. The average molecular weight is 451 g/mol. The third-order valence-electron chi connectivity index (χ3n) is 6.05. The highest BCUT2D eigenvalue weighted by atomic mass is 32.2. The van der Waals surface area contributed by atoms with Crippen molar-refractivity contribution in [3.8, 4) is 0 Å². The molecule has 2 heterocycles. The molecule has 1 saturated heterocycles. The SMILES string of the molecule is CCN1CCCC(OC(=O)CCc2nc3cc(S(=O)(=O)N(CC)CC)ccc3n2C)C1. The van der Waals surface area contributed by atoms with Gasteiger partial charge in [-0.1, -0.05) is 20.8 Å². The molecular formula is C22H34N4O4S. The number of esters is 1. The normalized spacial score (nSPS) is 18.0. The number of rotatable bonds is 9. The summed E-state index contributed by atoms with van der Waals surface area (Å²) < 4.78 is 34.6. The molecule has 0 N–H and O–H groups in total. The number of hydrogen-bond donors (Lipinski definition) is 0. The molecule has 0 bridgehead atoms. The summed E-state index contributed by atoms with van der Waals surface area (Å²) in [5.41, 5.74) is 1.46. The lowest BCUT2D eigenvalue weighted by molar-refractivity contribution is -0.151. The molecule has 0 amide bonds. The van der Waals surface area contributed by atoms with Crippen LogP contribution in [0.5, 0.6) is 0 Å². The molecule has 1 atom stereocenters. The minimum atomic E-state index is -3.54. The lowest BCUT2D eigenvalue weighted by Gasteiger charge is -2.31. The number of nitrogens with zero attached hydrogens (tertiary/aromatic N) is 4. The number of benzene rings is 1. The van der Waals surface area contributed by atoms with Crippen molar-refractivity contribution in [3.63, 3.8) is 0 Å². The quantitative estimate of drug-likeness (QED) is 0.546. The minimum absolute atomic E-state index is 0.0329. The zero-order valence-electron chi connectivity index (χ0n) is 19.0. The van der Waals surface area contributed by atoms with Gasteiger partial charge in [0.25, 0.3) is 0 Å². The molecule has 0 aliphatic carbocycles. The Balaban J connectivity index is 1.69. The number of carbonyl (C=O) groups is 1. The monoisotopic (exact) mass is 450 g/mol. The van der Waals surface area contributed by atoms with Crippen LogP contribution in [0.2, 0.25) is 0 Å². The standard InChI is InChI=1S/C22H34N4O4S/c1-5-25-14-8-9-17(16-25)30-22(27)13-12-21-23-19-15-18(10-11-20(19)24(21)4)31(28,29)26(6-2)7-3/h10-11,15,17H,5-9,12-14,16H2,1-4H3. The van der Waals surface area contributed by atoms with Crippen molar-refractivity contribution in [1.29, 1.82) is 0 Å². The molecule has 2 aromatic rings. The van der Waals surface area contributed by atoms with Crippen molar-refractivity contribution in [2.24, 2.45) is 7.05 Å². The summed E-state index contributed by atoms with van der Waals surface area (Å²) in [6.07, 6.45) is 2.64. The van der Waals surface area contributed by atoms with E-state index >= 15 is 0 Å². The smallest absolute Gasteiger partial charge is 0.306 e. The lowest BCUT2D eigenvalue weighted by atomic mass is 10.1. The molecule has 0 spiro atoms. The van der Waals surface area contributed by atoms with Crippen molar-refractivity contribution < 1.29 is 17.9 Å². The second-order valence-corrected chi connectivity index (χ2v) is 9.91. The van der Waals surface area contributed by atoms with E-state index in [1.807, 2.05) is 25.5 Å². The van der Waals surface area contributed by atoms with Crippen molar-refractivity contribution in [3.05, 3.63) is 24.0 Å². The van der Waals surface area contributed by atoms with Crippen molar-refractivity contribution in [2.75, 3.05) is 32.7 Å². The molecule has 1 aliphatic heterocycles. The van der Waals surface area contributed by atoms with Gasteiger partial charge in [0.15, 0.2) is 0 Å². The Morgan fingerprint density at radius 1 is 1.26 bits per heavy atom. The second-order valence-electron chi connectivity index (χ2n) is 7.97. The van der Waals surface area contributed by atoms with Gasteiger partial charge in [0, 0.05) is 33.1 Å². The van der Waals surface area contributed by atoms with Crippen LogP contribution in [0, 0.1) is 0 Å². The van der Waals surface area contributed by atoms with E-state index in [9.17, 15) is 13.2 Å². The first-order valence-corrected chi connectivity index (χ1v) is 12.6. The Hall–Kier alpha value is -1.97. The molecule has 1 aromatic carbocycles. The predicted molar refractivity (Wildman–Crippen MR) is 120 cm³/mol. The van der Waals surface area contributed by atoms with Crippen LogP contribution in [-0.2, 0) is 33.0 Å². The Kier molecular flexibility index (Phi) is 7.72. The topological polar surface area (TPSA) is 84.7 Å². The summed E-state index contributed by atoms with van der Waals surface area (Å²) in [7, 11) is -1.66. The van der Waals surface area contributed by atoms with Crippen LogP contribution in [0.4, 0.5) is 0 Å². The average Bonchev–Trinajstić information content (AvgIpc) is 3.08. The molecule has 9 heteroatoms. The molecule has 0 saturated carbocycles. The number of carbonyl (C=O) groups excluding carboxylic acids is 1. The molecule has 172 valence electrons. The Labute approximate surface area is 185 Å². The van der Waals surface area contributed by atoms with Gasteiger partial charge in [-0.25, -0.2) is 13.4 Å². The van der Waals surface area contributed by atoms with Crippen LogP contribution in [0.25, 0.3) is 11.0 Å². The predicted octanol–water partition coefficient (Wildman–Crippen LogP) is 2.56. The van der Waals surface area contributed by atoms with E-state index in [-0.39, 0.29) is 23.4 Å². The number of ether oxygens (including phenoxy) is 1. The van der Waals surface area contributed by atoms with E-state index in [4.69, 9.17) is 4.74 Å². The van der Waals surface area contributed by atoms with Gasteiger partial charge in [-0.2, -0.15) is 4.31 Å². The summed E-state index contributed by atoms with van der Waals surface area (Å²) in [6.45, 7) is 9.45. The van der Waals surface area contributed by atoms with Crippen LogP contribution >= 0.6 is 0 Å². The first kappa shape index (κ1) is 23.7. The zero-order chi connectivity index (χ0) is 22.6. The molecular weight excluding hydrogens is 416 g/mol. The molecule has 1 aliphatic rings. The van der Waals surface area contributed by atoms with E-state index in [0.717, 1.165) is 43.8 Å². The Morgan fingerprint density at radius 2 is 2.00 bits per heavy atom. The van der Waals surface area contributed by atoms with Gasteiger partial charge in [-0.3, -0.25) is 9.69 Å². The first-order valence-electron chi connectivity index (χ1n) is 11.2. The van der Waals surface area contributed by atoms with Crippen molar-refractivity contribution in [2.45, 2.75) is 57.5 Å². The highest BCUT2D eigenvalue weighted by molar-refractivity contribution is 7.89. The number of imidazole rings is 1. The molecule has 1 unspecified atom stereocenters. The third-order valence-corrected chi connectivity index (χ3v) is 8.09. The summed E-state index contributed by atoms with van der Waals surface area (Å²) in [5.74, 6) is 0.531. The lowest BCUT2D eigenvalue weighted by Crippen LogP contribution is -2.40. The number of aryl methyl sites for hydroxylation is 2. The first-order chi connectivity index (χ1) is 14.8. The highest BCUT2D eigenvalue weighted by Crippen LogP contribution is 2.23. The number of sulfonamides is 1. The van der Waals surface area contributed by atoms with Gasteiger partial charge in [-0.15, -0.1) is 0 Å². The maximum atomic E-state index is 12.8. The Bertz CT molecular complexity index is 1010. The van der Waals surface area contributed by atoms with Crippen LogP contribution in [0.3, 0.4) is 0 Å². The minimum Gasteiger partial charge on any atom is -0.461 e. The molecule has 1 fully saturated rings. The van der Waals surface area contributed by atoms with Crippen LogP contribution in [-0.4, -0.2) is 72.0 Å². The fourth-order valence-corrected chi connectivity index (χ4v) is 5.66. The van der Waals surface area contributed by atoms with Crippen LogP contribution in [0.15, 0.2) is 23.1 Å². The fraction of sp³-hybridized carbons (Fsp3) is 0.636. The van der Waals surface area contributed by atoms with Gasteiger partial charge >= 0.3 is 5.97 Å². The van der Waals surface area contributed by atoms with Crippen LogP contribution in [0.1, 0.15) is 45.9 Å². The number of fused-ring (bicyclic) bond motifs is 1. The van der Waals surface area contributed by atoms with Gasteiger partial charge in [0.2, 0.25) is 10.0 Å². The molecule has 0 radical (unpaired) electrons. The summed E-state index contributed by atoms with van der Waals surface area (Å²) in [4.78, 5) is 19.5. The number of aromatic nitrogens is 2. The fourth-order valence-electron chi connectivity index (χ4n) is 4.18. The summed E-state index contributed by atoms with van der Waals surface area (Å²) in [6, 6.07) is 5.02. The van der Waals surface area contributed by atoms with Gasteiger partial charge in [0.1, 0.15) is 11.9 Å². The molecule has 3 rings (SSSR count). The van der Waals surface area contributed by atoms with Gasteiger partial charge in [-0.05, 0) is 44.1 Å². The number of likely N-dealkylation sites (tertiary alicyclic amines) is 1. The number of hydrogen-bond acceptors (Lipinski definition) is 6. The van der Waals surface area contributed by atoms with Gasteiger partial charge < -0.3 is 9.30 Å². The third kappa shape index (κ3) is 5.27. The molecule has 8 nitrogen and oxygen atoms in total. The number of likely N-dealkylation sites (N-methyl/N-ethyl adjacent to an activating group) is 1. The van der Waals surface area contributed by atoms with Crippen molar-refractivity contribution >= 4 is 27.0 Å². The maximum Gasteiger partial charge on any atom is 0.306 e. The van der Waals surface area contributed by atoms with E-state index < -0.39 is 10.0 Å². The van der Waals surface area contributed by atoms with Gasteiger partial charge in [0.05, 0.1) is 22.3 Å². The van der Waals surface area contributed by atoms with Crippen LogP contribution < -0.4 is 0 Å². The summed E-state index contributed by atoms with van der Waals surface area (Å²) >= 11 is 0. The number of piperidine rings is 1. The van der Waals surface area contributed by atoms with E-state index in [1.54, 1.807) is 18.2 Å². The highest BCUT2D eigenvalue weighted by Gasteiger charge is 2.24. The molecule has 1 aromatic heterocycles. The second kappa shape index (κ2) is 10.1. The largest absolute Gasteiger partial charge is 0.461 e. The Morgan fingerprint density at radius 3 is 2.68 bits per heavy atom.